The largest absolute Gasteiger partial charge is 0.470 e. The fraction of sp³-hybridized carbons (Fsp3) is 0.316. The quantitative estimate of drug-likeness (QED) is 0.419. The molecule has 1 aromatic carbocycles. The van der Waals surface area contributed by atoms with Gasteiger partial charge < -0.3 is 9.64 Å². The van der Waals surface area contributed by atoms with E-state index in [4.69, 9.17) is 16.3 Å². The van der Waals surface area contributed by atoms with Gasteiger partial charge in [-0.15, -0.1) is 0 Å². The van der Waals surface area contributed by atoms with E-state index < -0.39 is 4.92 Å². The number of ether oxygens (including phenoxy) is 1. The Bertz CT molecular complexity index is 1110. The van der Waals surface area contributed by atoms with Crippen LogP contribution in [0.3, 0.4) is 0 Å². The smallest absolute Gasteiger partial charge is 0.274 e. The summed E-state index contributed by atoms with van der Waals surface area (Å²) in [7, 11) is 3.58. The molecule has 3 aromatic rings. The van der Waals surface area contributed by atoms with Crippen molar-refractivity contribution in [3.63, 3.8) is 0 Å². The molecule has 0 saturated heterocycles. The van der Waals surface area contributed by atoms with Gasteiger partial charge in [0.2, 0.25) is 0 Å². The summed E-state index contributed by atoms with van der Waals surface area (Å²) in [5, 5.41) is 19.5. The van der Waals surface area contributed by atoms with Gasteiger partial charge in [0.25, 0.3) is 11.6 Å². The van der Waals surface area contributed by atoms with Gasteiger partial charge in [0.05, 0.1) is 15.6 Å². The van der Waals surface area contributed by atoms with Crippen LogP contribution in [0.5, 0.6) is 5.75 Å². The van der Waals surface area contributed by atoms with Crippen molar-refractivity contribution in [3.05, 3.63) is 68.2 Å². The number of halogens is 1. The Kier molecular flexibility index (Phi) is 6.06. The van der Waals surface area contributed by atoms with Crippen molar-refractivity contribution < 1.29 is 14.5 Å². The van der Waals surface area contributed by atoms with Crippen LogP contribution in [0.2, 0.25) is 5.02 Å². The molecule has 0 aliphatic heterocycles. The molecule has 1 amide bonds. The lowest BCUT2D eigenvalue weighted by atomic mass is 10.2. The van der Waals surface area contributed by atoms with E-state index >= 15 is 0 Å². The second kappa shape index (κ2) is 8.54. The topological polar surface area (TPSA) is 108 Å². The molecule has 11 heteroatoms. The number of carbonyl (C=O) groups is 1. The summed E-state index contributed by atoms with van der Waals surface area (Å²) < 4.78 is 8.78. The van der Waals surface area contributed by atoms with Gasteiger partial charge >= 0.3 is 0 Å². The van der Waals surface area contributed by atoms with Crippen LogP contribution in [-0.4, -0.2) is 42.3 Å². The standard InChI is InChI=1S/C19H21ClN6O4/c1-12-15(13(2)24(4)21-12)10-23(3)19(27)17-7-8-25(22-17)11-30-18-6-5-14(26(28)29)9-16(18)20/h5-9H,10-11H2,1-4H3. The lowest BCUT2D eigenvalue weighted by Gasteiger charge is -2.16. The molecular formula is C19H21ClN6O4. The van der Waals surface area contributed by atoms with E-state index in [0.29, 0.717) is 6.54 Å². The minimum absolute atomic E-state index is 0.00462. The van der Waals surface area contributed by atoms with Gasteiger partial charge in [-0.3, -0.25) is 19.6 Å². The van der Waals surface area contributed by atoms with Crippen molar-refractivity contribution in [1.29, 1.82) is 0 Å². The number of carbonyl (C=O) groups excluding carboxylic acids is 1. The van der Waals surface area contributed by atoms with Crippen LogP contribution in [0, 0.1) is 24.0 Å². The van der Waals surface area contributed by atoms with Crippen molar-refractivity contribution in [3.8, 4) is 5.75 Å². The summed E-state index contributed by atoms with van der Waals surface area (Å²) in [6.07, 6.45) is 1.61. The summed E-state index contributed by atoms with van der Waals surface area (Å²) in [5.74, 6) is 0.0510. The molecule has 0 N–H and O–H groups in total. The zero-order valence-electron chi connectivity index (χ0n) is 17.0. The van der Waals surface area contributed by atoms with Crippen LogP contribution in [0.25, 0.3) is 0 Å². The number of aromatic nitrogens is 4. The van der Waals surface area contributed by atoms with Crippen LogP contribution >= 0.6 is 11.6 Å². The minimum Gasteiger partial charge on any atom is -0.470 e. The normalized spacial score (nSPS) is 10.8. The zero-order chi connectivity index (χ0) is 22.0. The van der Waals surface area contributed by atoms with Gasteiger partial charge in [-0.05, 0) is 26.0 Å². The molecule has 158 valence electrons. The maximum absolute atomic E-state index is 12.7. The summed E-state index contributed by atoms with van der Waals surface area (Å²) in [5.41, 5.74) is 3.04. The SMILES string of the molecule is Cc1nn(C)c(C)c1CN(C)C(=O)c1ccn(COc2ccc([N+](=O)[O-])cc2Cl)n1. The first-order valence-corrected chi connectivity index (χ1v) is 9.40. The molecule has 0 bridgehead atoms. The van der Waals surface area contributed by atoms with E-state index in [0.717, 1.165) is 17.0 Å². The van der Waals surface area contributed by atoms with E-state index in [9.17, 15) is 14.9 Å². The van der Waals surface area contributed by atoms with E-state index in [2.05, 4.69) is 10.2 Å². The highest BCUT2D eigenvalue weighted by Crippen LogP contribution is 2.28. The van der Waals surface area contributed by atoms with Gasteiger partial charge in [-0.2, -0.15) is 10.2 Å². The van der Waals surface area contributed by atoms with Crippen LogP contribution in [0.1, 0.15) is 27.4 Å². The number of aryl methyl sites for hydroxylation is 2. The summed E-state index contributed by atoms with van der Waals surface area (Å²) in [6, 6.07) is 5.54. The molecule has 0 unspecified atom stereocenters. The van der Waals surface area contributed by atoms with Crippen molar-refractivity contribution in [1.82, 2.24) is 24.5 Å². The summed E-state index contributed by atoms with van der Waals surface area (Å²) in [4.78, 5) is 24.5. The van der Waals surface area contributed by atoms with Crippen molar-refractivity contribution in [2.24, 2.45) is 7.05 Å². The highest BCUT2D eigenvalue weighted by molar-refractivity contribution is 6.32. The molecule has 0 radical (unpaired) electrons. The number of nitro benzene ring substituents is 1. The van der Waals surface area contributed by atoms with Gasteiger partial charge in [-0.25, -0.2) is 4.68 Å². The molecule has 0 aliphatic rings. The first-order valence-electron chi connectivity index (χ1n) is 9.02. The highest BCUT2D eigenvalue weighted by Gasteiger charge is 2.19. The third-order valence-electron chi connectivity index (χ3n) is 4.74. The second-order valence-electron chi connectivity index (χ2n) is 6.82. The van der Waals surface area contributed by atoms with Crippen molar-refractivity contribution in [2.75, 3.05) is 7.05 Å². The number of amides is 1. The van der Waals surface area contributed by atoms with Crippen molar-refractivity contribution in [2.45, 2.75) is 27.1 Å². The molecule has 0 aliphatic carbocycles. The Labute approximate surface area is 177 Å². The monoisotopic (exact) mass is 432 g/mol. The maximum Gasteiger partial charge on any atom is 0.274 e. The number of hydrogen-bond acceptors (Lipinski definition) is 6. The molecular weight excluding hydrogens is 412 g/mol. The average molecular weight is 433 g/mol. The molecule has 3 rings (SSSR count). The predicted molar refractivity (Wildman–Crippen MR) is 109 cm³/mol. The average Bonchev–Trinajstić information content (AvgIpc) is 3.26. The number of benzene rings is 1. The van der Waals surface area contributed by atoms with Gasteiger partial charge in [0.15, 0.2) is 12.4 Å². The number of rotatable bonds is 7. The van der Waals surface area contributed by atoms with E-state index in [1.54, 1.807) is 28.9 Å². The molecule has 2 heterocycles. The van der Waals surface area contributed by atoms with Gasteiger partial charge in [-0.1, -0.05) is 11.6 Å². The van der Waals surface area contributed by atoms with E-state index in [-0.39, 0.29) is 34.8 Å². The van der Waals surface area contributed by atoms with Crippen LogP contribution in [0.15, 0.2) is 30.5 Å². The molecule has 2 aromatic heterocycles. The summed E-state index contributed by atoms with van der Waals surface area (Å²) >= 11 is 6.01. The molecule has 0 saturated carbocycles. The highest BCUT2D eigenvalue weighted by atomic mass is 35.5. The number of non-ortho nitro benzene ring substituents is 1. The Balaban J connectivity index is 1.64. The third kappa shape index (κ3) is 4.43. The predicted octanol–water partition coefficient (Wildman–Crippen LogP) is 3.10. The fourth-order valence-electron chi connectivity index (χ4n) is 2.95. The Morgan fingerprint density at radius 3 is 2.63 bits per heavy atom. The Morgan fingerprint density at radius 2 is 2.03 bits per heavy atom. The van der Waals surface area contributed by atoms with Crippen LogP contribution in [0.4, 0.5) is 5.69 Å². The molecule has 10 nitrogen and oxygen atoms in total. The second-order valence-corrected chi connectivity index (χ2v) is 7.23. The number of hydrogen-bond donors (Lipinski definition) is 0. The lowest BCUT2D eigenvalue weighted by molar-refractivity contribution is -0.384. The van der Waals surface area contributed by atoms with Crippen LogP contribution in [-0.2, 0) is 20.3 Å². The molecule has 0 fully saturated rings. The Hall–Kier alpha value is -3.40. The molecule has 30 heavy (non-hydrogen) atoms. The van der Waals surface area contributed by atoms with Gasteiger partial charge in [0.1, 0.15) is 5.75 Å². The number of nitrogens with zero attached hydrogens (tertiary/aromatic N) is 6. The van der Waals surface area contributed by atoms with E-state index in [1.807, 2.05) is 20.9 Å². The first-order chi connectivity index (χ1) is 14.2. The molecule has 0 spiro atoms. The zero-order valence-corrected chi connectivity index (χ0v) is 17.8. The van der Waals surface area contributed by atoms with E-state index in [1.165, 1.54) is 22.9 Å². The maximum atomic E-state index is 12.7. The third-order valence-corrected chi connectivity index (χ3v) is 5.03. The summed E-state index contributed by atoms with van der Waals surface area (Å²) in [6.45, 7) is 4.29. The first kappa shape index (κ1) is 21.3. The van der Waals surface area contributed by atoms with Crippen molar-refractivity contribution >= 4 is 23.2 Å². The lowest BCUT2D eigenvalue weighted by Crippen LogP contribution is -2.27. The Morgan fingerprint density at radius 1 is 1.30 bits per heavy atom. The van der Waals surface area contributed by atoms with Crippen LogP contribution < -0.4 is 4.74 Å². The minimum atomic E-state index is -0.536. The molecule has 0 atom stereocenters. The number of nitro groups is 1. The van der Waals surface area contributed by atoms with Gasteiger partial charge in [0, 0.05) is 50.2 Å². The fourth-order valence-corrected chi connectivity index (χ4v) is 3.18.